The van der Waals surface area contributed by atoms with E-state index >= 15 is 0 Å². The summed E-state index contributed by atoms with van der Waals surface area (Å²) >= 11 is 0. The van der Waals surface area contributed by atoms with E-state index in [4.69, 9.17) is 4.74 Å². The van der Waals surface area contributed by atoms with Crippen LogP contribution in [0.4, 0.5) is 0 Å². The van der Waals surface area contributed by atoms with Crippen LogP contribution in [-0.2, 0) is 29.0 Å². The van der Waals surface area contributed by atoms with E-state index in [1.54, 1.807) is 4.90 Å². The molecule has 0 saturated heterocycles. The normalized spacial score (nSPS) is 11.5. The van der Waals surface area contributed by atoms with Gasteiger partial charge in [0, 0.05) is 19.5 Å². The summed E-state index contributed by atoms with van der Waals surface area (Å²) in [4.78, 5) is 28.6. The Labute approximate surface area is 209 Å². The lowest BCUT2D eigenvalue weighted by Crippen LogP contribution is -2.51. The fraction of sp³-hybridized carbons (Fsp3) is 0.333. The maximum atomic E-state index is 13.6. The maximum absolute atomic E-state index is 13.6. The molecule has 3 aromatic rings. The number of hydrogen-bond acceptors (Lipinski definition) is 3. The highest BCUT2D eigenvalue weighted by atomic mass is 16.5. The highest BCUT2D eigenvalue weighted by Gasteiger charge is 2.30. The van der Waals surface area contributed by atoms with E-state index in [0.717, 1.165) is 29.5 Å². The SMILES string of the molecule is CCCNC(=O)[C@@H](Cc1ccccc1)N(Cc1ccccc1C)C(=O)COc1ccc(CC)cc1. The molecule has 0 fully saturated rings. The van der Waals surface area contributed by atoms with Crippen molar-refractivity contribution >= 4 is 11.8 Å². The van der Waals surface area contributed by atoms with Gasteiger partial charge < -0.3 is 15.0 Å². The van der Waals surface area contributed by atoms with Crippen LogP contribution < -0.4 is 10.1 Å². The Bertz CT molecular complexity index is 1080. The second kappa shape index (κ2) is 13.3. The monoisotopic (exact) mass is 472 g/mol. The molecule has 1 N–H and O–H groups in total. The number of amides is 2. The molecule has 0 aliphatic rings. The fourth-order valence-electron chi connectivity index (χ4n) is 3.94. The van der Waals surface area contributed by atoms with Gasteiger partial charge in [0.2, 0.25) is 5.91 Å². The summed E-state index contributed by atoms with van der Waals surface area (Å²) in [7, 11) is 0. The number of nitrogens with one attached hydrogen (secondary N) is 1. The third-order valence-corrected chi connectivity index (χ3v) is 6.12. The highest BCUT2D eigenvalue weighted by molar-refractivity contribution is 5.88. The summed E-state index contributed by atoms with van der Waals surface area (Å²) in [6.07, 6.45) is 2.20. The fourth-order valence-corrected chi connectivity index (χ4v) is 3.94. The van der Waals surface area contributed by atoms with Gasteiger partial charge in [-0.3, -0.25) is 9.59 Å². The predicted octanol–water partition coefficient (Wildman–Crippen LogP) is 5.10. The van der Waals surface area contributed by atoms with E-state index in [9.17, 15) is 9.59 Å². The van der Waals surface area contributed by atoms with Crippen molar-refractivity contribution in [1.82, 2.24) is 10.2 Å². The molecule has 0 heterocycles. The third-order valence-electron chi connectivity index (χ3n) is 6.12. The van der Waals surface area contributed by atoms with Gasteiger partial charge >= 0.3 is 0 Å². The molecule has 184 valence electrons. The van der Waals surface area contributed by atoms with Crippen LogP contribution in [0, 0.1) is 6.92 Å². The van der Waals surface area contributed by atoms with Crippen LogP contribution >= 0.6 is 0 Å². The zero-order valence-corrected chi connectivity index (χ0v) is 21.0. The van der Waals surface area contributed by atoms with Crippen molar-refractivity contribution in [2.24, 2.45) is 0 Å². The van der Waals surface area contributed by atoms with Crippen LogP contribution in [0.2, 0.25) is 0 Å². The molecule has 0 saturated carbocycles. The number of rotatable bonds is 12. The lowest BCUT2D eigenvalue weighted by atomic mass is 10.0. The summed E-state index contributed by atoms with van der Waals surface area (Å²) in [5.41, 5.74) is 4.30. The van der Waals surface area contributed by atoms with Crippen LogP contribution in [0.5, 0.6) is 5.75 Å². The molecule has 0 spiro atoms. The topological polar surface area (TPSA) is 58.6 Å². The summed E-state index contributed by atoms with van der Waals surface area (Å²) in [5, 5.41) is 3.00. The van der Waals surface area contributed by atoms with Crippen LogP contribution in [0.1, 0.15) is 42.5 Å². The van der Waals surface area contributed by atoms with Gasteiger partial charge in [-0.1, -0.05) is 80.6 Å². The largest absolute Gasteiger partial charge is 0.484 e. The lowest BCUT2D eigenvalue weighted by Gasteiger charge is -2.32. The average Bonchev–Trinajstić information content (AvgIpc) is 2.89. The molecule has 0 bridgehead atoms. The van der Waals surface area contributed by atoms with E-state index in [2.05, 4.69) is 12.2 Å². The average molecular weight is 473 g/mol. The molecule has 35 heavy (non-hydrogen) atoms. The van der Waals surface area contributed by atoms with Gasteiger partial charge in [0.05, 0.1) is 0 Å². The minimum atomic E-state index is -0.651. The van der Waals surface area contributed by atoms with Crippen LogP contribution in [0.25, 0.3) is 0 Å². The number of hydrogen-bond donors (Lipinski definition) is 1. The summed E-state index contributed by atoms with van der Waals surface area (Å²) in [6.45, 7) is 6.90. The molecule has 0 aliphatic heterocycles. The maximum Gasteiger partial charge on any atom is 0.261 e. The van der Waals surface area contributed by atoms with Crippen molar-refractivity contribution in [2.45, 2.75) is 52.6 Å². The highest BCUT2D eigenvalue weighted by Crippen LogP contribution is 2.18. The third kappa shape index (κ3) is 7.71. The van der Waals surface area contributed by atoms with E-state index in [0.29, 0.717) is 25.3 Å². The summed E-state index contributed by atoms with van der Waals surface area (Å²) in [6, 6.07) is 24.9. The van der Waals surface area contributed by atoms with Gasteiger partial charge in [0.15, 0.2) is 6.61 Å². The van der Waals surface area contributed by atoms with Gasteiger partial charge in [-0.2, -0.15) is 0 Å². The Hall–Kier alpha value is -3.60. The predicted molar refractivity (Wildman–Crippen MR) is 140 cm³/mol. The Kier molecular flexibility index (Phi) is 9.91. The van der Waals surface area contributed by atoms with Gasteiger partial charge in [-0.05, 0) is 54.2 Å². The second-order valence-corrected chi connectivity index (χ2v) is 8.73. The van der Waals surface area contributed by atoms with Crippen molar-refractivity contribution in [3.8, 4) is 5.75 Å². The molecule has 0 unspecified atom stereocenters. The van der Waals surface area contributed by atoms with E-state index in [-0.39, 0.29) is 18.4 Å². The first-order chi connectivity index (χ1) is 17.0. The molecule has 3 rings (SSSR count). The van der Waals surface area contributed by atoms with Gasteiger partial charge in [0.25, 0.3) is 5.91 Å². The molecule has 1 atom stereocenters. The van der Waals surface area contributed by atoms with E-state index in [1.807, 2.05) is 92.7 Å². The zero-order chi connectivity index (χ0) is 25.0. The number of ether oxygens (including phenoxy) is 1. The van der Waals surface area contributed by atoms with Gasteiger partial charge in [-0.15, -0.1) is 0 Å². The quantitative estimate of drug-likeness (QED) is 0.399. The van der Waals surface area contributed by atoms with E-state index < -0.39 is 6.04 Å². The van der Waals surface area contributed by atoms with Crippen molar-refractivity contribution < 1.29 is 14.3 Å². The Morgan fingerprint density at radius 1 is 0.886 bits per heavy atom. The van der Waals surface area contributed by atoms with Crippen LogP contribution in [0.3, 0.4) is 0 Å². The van der Waals surface area contributed by atoms with Crippen LogP contribution in [-0.4, -0.2) is 35.9 Å². The Morgan fingerprint density at radius 3 is 2.23 bits per heavy atom. The first kappa shape index (κ1) is 26.0. The molecule has 5 nitrogen and oxygen atoms in total. The standard InChI is InChI=1S/C30H36N2O3/c1-4-19-31-30(34)28(20-25-12-7-6-8-13-25)32(21-26-14-10-9-11-23(26)3)29(33)22-35-27-17-15-24(5-2)16-18-27/h6-18,28H,4-5,19-22H2,1-3H3,(H,31,34)/t28-/m1/s1. The van der Waals surface area contributed by atoms with Gasteiger partial charge in [-0.25, -0.2) is 0 Å². The van der Waals surface area contributed by atoms with Gasteiger partial charge in [0.1, 0.15) is 11.8 Å². The summed E-state index contributed by atoms with van der Waals surface area (Å²) < 4.78 is 5.85. The second-order valence-electron chi connectivity index (χ2n) is 8.73. The van der Waals surface area contributed by atoms with Crippen molar-refractivity contribution in [3.05, 3.63) is 101 Å². The minimum Gasteiger partial charge on any atom is -0.484 e. The van der Waals surface area contributed by atoms with Crippen LogP contribution in [0.15, 0.2) is 78.9 Å². The van der Waals surface area contributed by atoms with Crippen molar-refractivity contribution in [2.75, 3.05) is 13.2 Å². The number of carbonyl (C=O) groups is 2. The Balaban J connectivity index is 1.88. The molecule has 2 amide bonds. The number of aryl methyl sites for hydroxylation is 2. The first-order valence-electron chi connectivity index (χ1n) is 12.4. The number of benzene rings is 3. The van der Waals surface area contributed by atoms with E-state index in [1.165, 1.54) is 5.56 Å². The first-order valence-corrected chi connectivity index (χ1v) is 12.4. The molecule has 3 aromatic carbocycles. The molecule has 0 aliphatic carbocycles. The zero-order valence-electron chi connectivity index (χ0n) is 21.0. The molecule has 0 radical (unpaired) electrons. The lowest BCUT2D eigenvalue weighted by molar-refractivity contribution is -0.142. The Morgan fingerprint density at radius 2 is 1.57 bits per heavy atom. The summed E-state index contributed by atoms with van der Waals surface area (Å²) in [5.74, 6) is 0.270. The number of nitrogens with zero attached hydrogens (tertiary/aromatic N) is 1. The molecule has 5 heteroatoms. The van der Waals surface area contributed by atoms with Crippen molar-refractivity contribution in [3.63, 3.8) is 0 Å². The minimum absolute atomic E-state index is 0.135. The smallest absolute Gasteiger partial charge is 0.261 e. The molecule has 0 aromatic heterocycles. The van der Waals surface area contributed by atoms with Crippen molar-refractivity contribution in [1.29, 1.82) is 0 Å². The molecular weight excluding hydrogens is 436 g/mol. The number of carbonyl (C=O) groups excluding carboxylic acids is 2. The molecular formula is C30H36N2O3.